The molecule has 4 heteroatoms. The summed E-state index contributed by atoms with van der Waals surface area (Å²) in [6.07, 6.45) is 5.51. The number of likely N-dealkylation sites (tertiary alicyclic amines) is 1. The van der Waals surface area contributed by atoms with Gasteiger partial charge in [0.15, 0.2) is 0 Å². The minimum atomic E-state index is 0.979. The molecule has 1 aromatic rings. The Balaban J connectivity index is 1.89. The molecule has 0 bridgehead atoms. The van der Waals surface area contributed by atoms with Crippen molar-refractivity contribution in [2.75, 3.05) is 13.1 Å². The van der Waals surface area contributed by atoms with Crippen molar-refractivity contribution in [1.82, 2.24) is 9.88 Å². The van der Waals surface area contributed by atoms with E-state index in [1.165, 1.54) is 43.8 Å². The number of aromatic nitrogens is 1. The van der Waals surface area contributed by atoms with E-state index in [2.05, 4.69) is 31.2 Å². The molecular weight excluding hydrogens is 260 g/mol. The minimum Gasteiger partial charge on any atom is -0.297 e. The molecular formula is C10H15BrN2S. The Hall–Kier alpha value is 0.0700. The van der Waals surface area contributed by atoms with E-state index < -0.39 is 0 Å². The molecule has 0 amide bonds. The molecule has 78 valence electrons. The van der Waals surface area contributed by atoms with Crippen LogP contribution in [0.3, 0.4) is 0 Å². The van der Waals surface area contributed by atoms with Gasteiger partial charge in [-0.1, -0.05) is 12.8 Å². The molecule has 2 rings (SSSR count). The zero-order chi connectivity index (χ0) is 9.80. The van der Waals surface area contributed by atoms with E-state index in [4.69, 9.17) is 0 Å². The summed E-state index contributed by atoms with van der Waals surface area (Å²) < 4.78 is 0.979. The third-order valence-corrected chi connectivity index (χ3v) is 4.12. The van der Waals surface area contributed by atoms with E-state index in [1.807, 2.05) is 0 Å². The second kappa shape index (κ2) is 5.24. The van der Waals surface area contributed by atoms with Gasteiger partial charge in [-0.2, -0.15) is 0 Å². The number of hydrogen-bond acceptors (Lipinski definition) is 3. The smallest absolute Gasteiger partial charge is 0.117 e. The third kappa shape index (κ3) is 3.04. The summed E-state index contributed by atoms with van der Waals surface area (Å²) in [7, 11) is 0. The summed E-state index contributed by atoms with van der Waals surface area (Å²) in [5.41, 5.74) is 0. The van der Waals surface area contributed by atoms with Crippen LogP contribution in [0, 0.1) is 0 Å². The van der Waals surface area contributed by atoms with E-state index in [9.17, 15) is 0 Å². The molecule has 0 spiro atoms. The molecule has 0 aromatic carbocycles. The van der Waals surface area contributed by atoms with Crippen LogP contribution in [0.2, 0.25) is 0 Å². The highest BCUT2D eigenvalue weighted by molar-refractivity contribution is 9.10. The van der Waals surface area contributed by atoms with Crippen molar-refractivity contribution in [1.29, 1.82) is 0 Å². The van der Waals surface area contributed by atoms with Crippen LogP contribution >= 0.6 is 27.3 Å². The van der Waals surface area contributed by atoms with Gasteiger partial charge < -0.3 is 0 Å². The Morgan fingerprint density at radius 3 is 2.57 bits per heavy atom. The van der Waals surface area contributed by atoms with Gasteiger partial charge in [-0.15, -0.1) is 11.3 Å². The van der Waals surface area contributed by atoms with Crippen molar-refractivity contribution >= 4 is 27.3 Å². The van der Waals surface area contributed by atoms with Crippen molar-refractivity contribution in [3.8, 4) is 0 Å². The van der Waals surface area contributed by atoms with Gasteiger partial charge in [0.25, 0.3) is 0 Å². The Kier molecular flexibility index (Phi) is 3.96. The summed E-state index contributed by atoms with van der Waals surface area (Å²) in [5.74, 6) is 0. The van der Waals surface area contributed by atoms with Crippen LogP contribution in [0.15, 0.2) is 9.98 Å². The Morgan fingerprint density at radius 1 is 1.29 bits per heavy atom. The van der Waals surface area contributed by atoms with Gasteiger partial charge in [-0.3, -0.25) is 4.90 Å². The normalized spacial score (nSPS) is 19.5. The van der Waals surface area contributed by atoms with Gasteiger partial charge in [-0.05, 0) is 41.9 Å². The van der Waals surface area contributed by atoms with Crippen LogP contribution in [-0.2, 0) is 6.54 Å². The average Bonchev–Trinajstić information content (AvgIpc) is 2.43. The zero-order valence-corrected chi connectivity index (χ0v) is 10.6. The first-order chi connectivity index (χ1) is 6.84. The molecule has 0 N–H and O–H groups in total. The molecule has 0 atom stereocenters. The van der Waals surface area contributed by atoms with Gasteiger partial charge in [0, 0.05) is 5.38 Å². The van der Waals surface area contributed by atoms with Crippen LogP contribution in [0.1, 0.15) is 30.7 Å². The van der Waals surface area contributed by atoms with E-state index >= 15 is 0 Å². The fourth-order valence-corrected chi connectivity index (χ4v) is 3.15. The summed E-state index contributed by atoms with van der Waals surface area (Å²) >= 11 is 5.14. The van der Waals surface area contributed by atoms with Crippen LogP contribution in [0.5, 0.6) is 0 Å². The molecule has 1 saturated heterocycles. The molecule has 0 radical (unpaired) electrons. The lowest BCUT2D eigenvalue weighted by Crippen LogP contribution is -2.23. The summed E-state index contributed by atoms with van der Waals surface area (Å²) in [5, 5.41) is 3.30. The van der Waals surface area contributed by atoms with Crippen molar-refractivity contribution < 1.29 is 0 Å². The monoisotopic (exact) mass is 274 g/mol. The molecule has 1 aromatic heterocycles. The third-order valence-electron chi connectivity index (χ3n) is 2.58. The molecule has 1 aliphatic heterocycles. The quantitative estimate of drug-likeness (QED) is 0.823. The fourth-order valence-electron chi connectivity index (χ4n) is 1.85. The number of nitrogens with zero attached hydrogens (tertiary/aromatic N) is 2. The Morgan fingerprint density at radius 2 is 2.00 bits per heavy atom. The Labute approximate surface area is 97.5 Å². The molecule has 0 unspecified atom stereocenters. The second-order valence-electron chi connectivity index (χ2n) is 3.75. The van der Waals surface area contributed by atoms with Gasteiger partial charge >= 0.3 is 0 Å². The largest absolute Gasteiger partial charge is 0.297 e. The van der Waals surface area contributed by atoms with Crippen molar-refractivity contribution in [2.24, 2.45) is 0 Å². The van der Waals surface area contributed by atoms with E-state index in [0.717, 1.165) is 11.1 Å². The molecule has 0 saturated carbocycles. The first-order valence-electron chi connectivity index (χ1n) is 5.17. The van der Waals surface area contributed by atoms with Crippen molar-refractivity contribution in [3.05, 3.63) is 15.0 Å². The highest BCUT2D eigenvalue weighted by Crippen LogP contribution is 2.18. The number of halogens is 1. The average molecular weight is 275 g/mol. The first kappa shape index (κ1) is 10.6. The molecule has 1 fully saturated rings. The Bertz CT molecular complexity index is 279. The van der Waals surface area contributed by atoms with Crippen LogP contribution in [0.4, 0.5) is 0 Å². The highest BCUT2D eigenvalue weighted by atomic mass is 79.9. The van der Waals surface area contributed by atoms with E-state index in [1.54, 1.807) is 11.3 Å². The lowest BCUT2D eigenvalue weighted by Gasteiger charge is -2.17. The molecule has 2 heterocycles. The number of thiazole rings is 1. The standard InChI is InChI=1S/C10H15BrN2S/c11-9-8-14-10(12-9)7-13-5-3-1-2-4-6-13/h8H,1-7H2. The number of hydrogen-bond donors (Lipinski definition) is 0. The maximum Gasteiger partial charge on any atom is 0.117 e. The van der Waals surface area contributed by atoms with Gasteiger partial charge in [0.05, 0.1) is 6.54 Å². The minimum absolute atomic E-state index is 0.979. The zero-order valence-electron chi connectivity index (χ0n) is 8.21. The number of rotatable bonds is 2. The van der Waals surface area contributed by atoms with Crippen LogP contribution in [-0.4, -0.2) is 23.0 Å². The van der Waals surface area contributed by atoms with E-state index in [-0.39, 0.29) is 0 Å². The van der Waals surface area contributed by atoms with Crippen LogP contribution < -0.4 is 0 Å². The maximum absolute atomic E-state index is 4.43. The van der Waals surface area contributed by atoms with Crippen molar-refractivity contribution in [2.45, 2.75) is 32.2 Å². The second-order valence-corrected chi connectivity index (χ2v) is 5.51. The fraction of sp³-hybridized carbons (Fsp3) is 0.700. The predicted molar refractivity (Wildman–Crippen MR) is 63.6 cm³/mol. The van der Waals surface area contributed by atoms with E-state index in [0.29, 0.717) is 0 Å². The predicted octanol–water partition coefficient (Wildman–Crippen LogP) is 3.28. The highest BCUT2D eigenvalue weighted by Gasteiger charge is 2.10. The van der Waals surface area contributed by atoms with Crippen LogP contribution in [0.25, 0.3) is 0 Å². The molecule has 0 aliphatic carbocycles. The van der Waals surface area contributed by atoms with Crippen molar-refractivity contribution in [3.63, 3.8) is 0 Å². The first-order valence-corrected chi connectivity index (χ1v) is 6.84. The molecule has 2 nitrogen and oxygen atoms in total. The summed E-state index contributed by atoms with van der Waals surface area (Å²) in [6, 6.07) is 0. The lowest BCUT2D eigenvalue weighted by molar-refractivity contribution is 0.276. The SMILES string of the molecule is Brc1csc(CN2CCCCCC2)n1. The van der Waals surface area contributed by atoms with Gasteiger partial charge in [0.1, 0.15) is 9.61 Å². The molecule has 14 heavy (non-hydrogen) atoms. The summed E-state index contributed by atoms with van der Waals surface area (Å²) in [6.45, 7) is 3.53. The topological polar surface area (TPSA) is 16.1 Å². The maximum atomic E-state index is 4.43. The van der Waals surface area contributed by atoms with Gasteiger partial charge in [0.2, 0.25) is 0 Å². The lowest BCUT2D eigenvalue weighted by atomic mass is 10.2. The molecule has 1 aliphatic rings. The summed E-state index contributed by atoms with van der Waals surface area (Å²) in [4.78, 5) is 6.95. The van der Waals surface area contributed by atoms with Gasteiger partial charge in [-0.25, -0.2) is 4.98 Å².